The lowest BCUT2D eigenvalue weighted by Gasteiger charge is -2.36. The van der Waals surface area contributed by atoms with E-state index < -0.39 is 10.0 Å². The molecule has 0 aliphatic carbocycles. The number of amides is 1. The Morgan fingerprint density at radius 1 is 0.895 bits per heavy atom. The van der Waals surface area contributed by atoms with E-state index in [0.29, 0.717) is 53.9 Å². The van der Waals surface area contributed by atoms with Gasteiger partial charge >= 0.3 is 0 Å². The maximum atomic E-state index is 13.4. The number of aryl methyl sites for hydroxylation is 1. The number of benzene rings is 4. The zero-order valence-electron chi connectivity index (χ0n) is 21.1. The molecule has 38 heavy (non-hydrogen) atoms. The van der Waals surface area contributed by atoms with Crippen LogP contribution in [0.4, 0.5) is 11.4 Å². The van der Waals surface area contributed by atoms with Gasteiger partial charge in [0.15, 0.2) is 0 Å². The van der Waals surface area contributed by atoms with Gasteiger partial charge in [-0.3, -0.25) is 4.79 Å². The van der Waals surface area contributed by atoms with Crippen LogP contribution in [0.5, 0.6) is 5.75 Å². The molecular formula is C29H28ClN3O4S. The van der Waals surface area contributed by atoms with Gasteiger partial charge in [0, 0.05) is 26.2 Å². The van der Waals surface area contributed by atoms with Gasteiger partial charge in [0.1, 0.15) is 5.75 Å². The van der Waals surface area contributed by atoms with Crippen LogP contribution in [0.3, 0.4) is 0 Å². The van der Waals surface area contributed by atoms with Crippen molar-refractivity contribution in [3.8, 4) is 5.75 Å². The lowest BCUT2D eigenvalue weighted by molar-refractivity contribution is 0.102. The average Bonchev–Trinajstić information content (AvgIpc) is 2.92. The molecule has 1 aliphatic heterocycles. The molecule has 1 heterocycles. The Kier molecular flexibility index (Phi) is 7.29. The Morgan fingerprint density at radius 2 is 1.55 bits per heavy atom. The first kappa shape index (κ1) is 26.0. The molecule has 0 saturated carbocycles. The minimum atomic E-state index is -3.60. The number of methoxy groups -OCH3 is 1. The molecule has 0 atom stereocenters. The highest BCUT2D eigenvalue weighted by Crippen LogP contribution is 2.36. The fraction of sp³-hybridized carbons (Fsp3) is 0.207. The quantitative estimate of drug-likeness (QED) is 0.340. The van der Waals surface area contributed by atoms with Gasteiger partial charge in [-0.2, -0.15) is 4.31 Å². The SMILES string of the molecule is COc1cc2ccccc2cc1C(=O)Nc1cccc(Cl)c1N1CCN(S(=O)(=O)c2ccc(C)cc2)CC1. The Morgan fingerprint density at radius 3 is 2.21 bits per heavy atom. The summed E-state index contributed by atoms with van der Waals surface area (Å²) in [6.45, 7) is 3.37. The van der Waals surface area contributed by atoms with Gasteiger partial charge in [0.2, 0.25) is 10.0 Å². The normalized spacial score (nSPS) is 14.4. The van der Waals surface area contributed by atoms with Gasteiger partial charge in [-0.1, -0.05) is 59.6 Å². The van der Waals surface area contributed by atoms with E-state index in [2.05, 4.69) is 5.32 Å². The van der Waals surface area contributed by atoms with Crippen LogP contribution in [0.15, 0.2) is 83.8 Å². The van der Waals surface area contributed by atoms with Crippen LogP contribution >= 0.6 is 11.6 Å². The van der Waals surface area contributed by atoms with Crippen molar-refractivity contribution in [3.05, 3.63) is 95.0 Å². The lowest BCUT2D eigenvalue weighted by atomic mass is 10.0. The number of sulfonamides is 1. The van der Waals surface area contributed by atoms with Crippen molar-refractivity contribution in [1.82, 2.24) is 4.31 Å². The van der Waals surface area contributed by atoms with Crippen LogP contribution in [0.1, 0.15) is 15.9 Å². The standard InChI is InChI=1S/C29H28ClN3O4S/c1-20-10-12-23(13-11-20)38(35,36)33-16-14-32(15-17-33)28-25(30)8-5-9-26(28)31-29(34)24-18-21-6-3-4-7-22(21)19-27(24)37-2/h3-13,18-19H,14-17H2,1-2H3,(H,31,34). The van der Waals surface area contributed by atoms with Crippen LogP contribution in [0.25, 0.3) is 10.8 Å². The van der Waals surface area contributed by atoms with Crippen LogP contribution in [0.2, 0.25) is 5.02 Å². The monoisotopic (exact) mass is 549 g/mol. The number of ether oxygens (including phenoxy) is 1. The third kappa shape index (κ3) is 5.07. The Balaban J connectivity index is 1.37. The smallest absolute Gasteiger partial charge is 0.259 e. The number of hydrogen-bond donors (Lipinski definition) is 1. The summed E-state index contributed by atoms with van der Waals surface area (Å²) in [5.74, 6) is 0.149. The van der Waals surface area contributed by atoms with Crippen molar-refractivity contribution < 1.29 is 17.9 Å². The lowest BCUT2D eigenvalue weighted by Crippen LogP contribution is -2.49. The predicted octanol–water partition coefficient (Wildman–Crippen LogP) is 5.57. The molecule has 1 fully saturated rings. The molecule has 0 unspecified atom stereocenters. The van der Waals surface area contributed by atoms with E-state index in [1.54, 1.807) is 42.5 Å². The third-order valence-corrected chi connectivity index (χ3v) is 8.98. The Bertz CT molecular complexity index is 1600. The minimum Gasteiger partial charge on any atom is -0.496 e. The van der Waals surface area contributed by atoms with Crippen LogP contribution in [0, 0.1) is 6.92 Å². The van der Waals surface area contributed by atoms with Gasteiger partial charge in [-0.15, -0.1) is 0 Å². The fourth-order valence-electron chi connectivity index (χ4n) is 4.70. The predicted molar refractivity (Wildman–Crippen MR) is 152 cm³/mol. The number of fused-ring (bicyclic) bond motifs is 1. The van der Waals surface area contributed by atoms with Crippen molar-refractivity contribution in [2.45, 2.75) is 11.8 Å². The molecule has 1 N–H and O–H groups in total. The summed E-state index contributed by atoms with van der Waals surface area (Å²) >= 11 is 6.62. The molecule has 4 aromatic carbocycles. The molecule has 4 aromatic rings. The summed E-state index contributed by atoms with van der Waals surface area (Å²) in [5.41, 5.74) is 2.62. The van der Waals surface area contributed by atoms with Gasteiger partial charge in [0.05, 0.1) is 34.0 Å². The molecule has 1 aliphatic rings. The van der Waals surface area contributed by atoms with Gasteiger partial charge in [-0.05, 0) is 54.1 Å². The molecule has 0 spiro atoms. The van der Waals surface area contributed by atoms with E-state index in [9.17, 15) is 13.2 Å². The maximum Gasteiger partial charge on any atom is 0.259 e. The Hall–Kier alpha value is -3.59. The number of para-hydroxylation sites is 1. The number of carbonyl (C=O) groups is 1. The highest BCUT2D eigenvalue weighted by molar-refractivity contribution is 7.89. The summed E-state index contributed by atoms with van der Waals surface area (Å²) in [4.78, 5) is 15.7. The van der Waals surface area contributed by atoms with E-state index in [1.165, 1.54) is 11.4 Å². The summed E-state index contributed by atoms with van der Waals surface area (Å²) in [7, 11) is -2.06. The fourth-order valence-corrected chi connectivity index (χ4v) is 6.42. The molecule has 5 rings (SSSR count). The maximum absolute atomic E-state index is 13.4. The molecule has 0 bridgehead atoms. The molecular weight excluding hydrogens is 522 g/mol. The van der Waals surface area contributed by atoms with Crippen molar-refractivity contribution in [2.24, 2.45) is 0 Å². The van der Waals surface area contributed by atoms with Crippen LogP contribution in [-0.4, -0.2) is 51.9 Å². The van der Waals surface area contributed by atoms with Gasteiger partial charge < -0.3 is 15.0 Å². The summed E-state index contributed by atoms with van der Waals surface area (Å²) < 4.78 is 33.3. The number of carbonyl (C=O) groups excluding carboxylic acids is 1. The van der Waals surface area contributed by atoms with E-state index in [-0.39, 0.29) is 10.8 Å². The minimum absolute atomic E-state index is 0.284. The first-order valence-electron chi connectivity index (χ1n) is 12.3. The molecule has 9 heteroatoms. The molecule has 1 saturated heterocycles. The molecule has 0 aromatic heterocycles. The van der Waals surface area contributed by atoms with Crippen molar-refractivity contribution in [1.29, 1.82) is 0 Å². The molecule has 0 radical (unpaired) electrons. The topological polar surface area (TPSA) is 79.0 Å². The second-order valence-electron chi connectivity index (χ2n) is 9.19. The number of nitrogens with zero attached hydrogens (tertiary/aromatic N) is 2. The number of halogens is 1. The zero-order chi connectivity index (χ0) is 26.9. The molecule has 1 amide bonds. The first-order valence-corrected chi connectivity index (χ1v) is 14.1. The summed E-state index contributed by atoms with van der Waals surface area (Å²) in [5, 5.41) is 5.38. The molecule has 196 valence electrons. The Labute approximate surface area is 227 Å². The number of anilines is 2. The van der Waals surface area contributed by atoms with E-state index in [4.69, 9.17) is 16.3 Å². The van der Waals surface area contributed by atoms with Crippen molar-refractivity contribution in [3.63, 3.8) is 0 Å². The van der Waals surface area contributed by atoms with Crippen LogP contribution < -0.4 is 15.0 Å². The van der Waals surface area contributed by atoms with Gasteiger partial charge in [0.25, 0.3) is 5.91 Å². The number of piperazine rings is 1. The highest BCUT2D eigenvalue weighted by atomic mass is 35.5. The van der Waals surface area contributed by atoms with Crippen molar-refractivity contribution >= 4 is 49.7 Å². The number of rotatable bonds is 6. The molecule has 7 nitrogen and oxygen atoms in total. The number of hydrogen-bond acceptors (Lipinski definition) is 5. The summed E-state index contributed by atoms with van der Waals surface area (Å²) in [6.07, 6.45) is 0. The first-order chi connectivity index (χ1) is 18.3. The van der Waals surface area contributed by atoms with E-state index >= 15 is 0 Å². The second kappa shape index (κ2) is 10.6. The number of nitrogens with one attached hydrogen (secondary N) is 1. The van der Waals surface area contributed by atoms with Crippen molar-refractivity contribution in [2.75, 3.05) is 43.5 Å². The van der Waals surface area contributed by atoms with Crippen LogP contribution in [-0.2, 0) is 10.0 Å². The third-order valence-electron chi connectivity index (χ3n) is 6.76. The average molecular weight is 550 g/mol. The van der Waals surface area contributed by atoms with E-state index in [1.807, 2.05) is 48.2 Å². The zero-order valence-corrected chi connectivity index (χ0v) is 22.7. The second-order valence-corrected chi connectivity index (χ2v) is 11.5. The largest absolute Gasteiger partial charge is 0.496 e. The highest BCUT2D eigenvalue weighted by Gasteiger charge is 2.30. The van der Waals surface area contributed by atoms with Gasteiger partial charge in [-0.25, -0.2) is 8.42 Å². The van der Waals surface area contributed by atoms with E-state index in [0.717, 1.165) is 16.3 Å². The summed E-state index contributed by atoms with van der Waals surface area (Å²) in [6, 6.07) is 23.6.